The first kappa shape index (κ1) is 11.6. The van der Waals surface area contributed by atoms with Crippen LogP contribution in [-0.2, 0) is 0 Å². The van der Waals surface area contributed by atoms with E-state index in [0.29, 0.717) is 10.6 Å². The summed E-state index contributed by atoms with van der Waals surface area (Å²) in [5, 5.41) is 8.29. The molecule has 0 unspecified atom stereocenters. The second-order valence-corrected chi connectivity index (χ2v) is 5.47. The molecule has 0 aliphatic heterocycles. The van der Waals surface area contributed by atoms with Crippen LogP contribution in [0.2, 0.25) is 0 Å². The van der Waals surface area contributed by atoms with Crippen LogP contribution in [0.15, 0.2) is 24.3 Å². The Kier molecular flexibility index (Phi) is 3.64. The summed E-state index contributed by atoms with van der Waals surface area (Å²) in [6.45, 7) is -2.84. The van der Waals surface area contributed by atoms with Gasteiger partial charge in [0.2, 0.25) is 0 Å². The molecule has 0 radical (unpaired) electrons. The molecule has 1 heterocycles. The Morgan fingerprint density at radius 3 is 2.62 bits per heavy atom. The van der Waals surface area contributed by atoms with E-state index in [1.165, 1.54) is 17.4 Å². The van der Waals surface area contributed by atoms with Gasteiger partial charge in [-0.25, -0.2) is 0 Å². The van der Waals surface area contributed by atoms with Crippen molar-refractivity contribution in [3.63, 3.8) is 0 Å². The van der Waals surface area contributed by atoms with Gasteiger partial charge in [-0.3, -0.25) is 0 Å². The zero-order chi connectivity index (χ0) is 11.5. The highest BCUT2D eigenvalue weighted by Gasteiger charge is 2.13. The third kappa shape index (κ3) is 2.64. The molecule has 0 saturated heterocycles. The molecule has 1 aromatic carbocycles. The minimum atomic E-state index is -2.84. The topological polar surface area (TPSA) is 35.0 Å². The Bertz CT molecular complexity index is 492. The molecule has 0 spiro atoms. The summed E-state index contributed by atoms with van der Waals surface area (Å²) in [4.78, 5) is 0. The van der Waals surface area contributed by atoms with E-state index in [0.717, 1.165) is 3.01 Å². The fourth-order valence-electron chi connectivity index (χ4n) is 1.16. The average Bonchev–Trinajstić information content (AvgIpc) is 2.65. The van der Waals surface area contributed by atoms with Gasteiger partial charge in [0.05, 0.1) is 5.56 Å². The first-order valence-electron chi connectivity index (χ1n) is 4.20. The lowest BCUT2D eigenvalue weighted by atomic mass is 10.2. The lowest BCUT2D eigenvalue weighted by Gasteiger charge is -2.07. The van der Waals surface area contributed by atoms with Crippen LogP contribution in [0.1, 0.15) is 0 Å². The summed E-state index contributed by atoms with van der Waals surface area (Å²) in [6, 6.07) is 6.53. The maximum Gasteiger partial charge on any atom is 0.387 e. The standard InChI is InChI=1S/C9H5F2IN2OS/c10-8(11)15-6-4-2-1-3-5(6)7-13-14-9(12)16-7/h1-4,8H. The fraction of sp³-hybridized carbons (Fsp3) is 0.111. The smallest absolute Gasteiger partial charge is 0.387 e. The van der Waals surface area contributed by atoms with Crippen molar-refractivity contribution in [3.05, 3.63) is 27.3 Å². The van der Waals surface area contributed by atoms with Gasteiger partial charge in [-0.2, -0.15) is 8.78 Å². The molecule has 0 amide bonds. The first-order valence-corrected chi connectivity index (χ1v) is 6.09. The molecule has 16 heavy (non-hydrogen) atoms. The van der Waals surface area contributed by atoms with Crippen LogP contribution in [0.4, 0.5) is 8.78 Å². The van der Waals surface area contributed by atoms with E-state index in [1.807, 2.05) is 22.6 Å². The number of para-hydroxylation sites is 1. The number of halogens is 3. The monoisotopic (exact) mass is 354 g/mol. The molecule has 0 aliphatic carbocycles. The Balaban J connectivity index is 2.40. The number of nitrogens with zero attached hydrogens (tertiary/aromatic N) is 2. The number of aromatic nitrogens is 2. The van der Waals surface area contributed by atoms with Gasteiger partial charge in [-0.05, 0) is 34.7 Å². The van der Waals surface area contributed by atoms with Gasteiger partial charge in [-0.15, -0.1) is 10.2 Å². The van der Waals surface area contributed by atoms with Crippen LogP contribution < -0.4 is 4.74 Å². The Hall–Kier alpha value is -0.830. The zero-order valence-corrected chi connectivity index (χ0v) is 10.7. The predicted octanol–water partition coefficient (Wildman–Crippen LogP) is 3.41. The van der Waals surface area contributed by atoms with Crippen LogP contribution in [0.3, 0.4) is 0 Å². The third-order valence-corrected chi connectivity index (χ3v) is 3.36. The molecule has 0 atom stereocenters. The first-order chi connectivity index (χ1) is 7.66. The van der Waals surface area contributed by atoms with Crippen LogP contribution in [0.25, 0.3) is 10.6 Å². The lowest BCUT2D eigenvalue weighted by molar-refractivity contribution is -0.0494. The van der Waals surface area contributed by atoms with Crippen molar-refractivity contribution in [3.8, 4) is 16.3 Å². The van der Waals surface area contributed by atoms with Gasteiger partial charge in [0.25, 0.3) is 0 Å². The molecule has 2 aromatic rings. The van der Waals surface area contributed by atoms with E-state index in [2.05, 4.69) is 14.9 Å². The van der Waals surface area contributed by atoms with E-state index in [-0.39, 0.29) is 5.75 Å². The van der Waals surface area contributed by atoms with E-state index < -0.39 is 6.61 Å². The number of ether oxygens (including phenoxy) is 1. The zero-order valence-electron chi connectivity index (χ0n) is 7.73. The summed E-state index contributed by atoms with van der Waals surface area (Å²) in [5.41, 5.74) is 0.531. The molecule has 7 heteroatoms. The normalized spacial score (nSPS) is 10.8. The Labute approximate surface area is 108 Å². The van der Waals surface area contributed by atoms with E-state index in [4.69, 9.17) is 0 Å². The number of benzene rings is 1. The van der Waals surface area contributed by atoms with Gasteiger partial charge in [0.15, 0.2) is 8.02 Å². The highest BCUT2D eigenvalue weighted by atomic mass is 127. The average molecular weight is 354 g/mol. The van der Waals surface area contributed by atoms with Crippen LogP contribution in [-0.4, -0.2) is 16.8 Å². The van der Waals surface area contributed by atoms with Gasteiger partial charge in [0, 0.05) is 0 Å². The molecular weight excluding hydrogens is 349 g/mol. The highest BCUT2D eigenvalue weighted by Crippen LogP contribution is 2.32. The van der Waals surface area contributed by atoms with Crippen molar-refractivity contribution in [2.24, 2.45) is 0 Å². The number of alkyl halides is 2. The van der Waals surface area contributed by atoms with Crippen molar-refractivity contribution in [2.45, 2.75) is 6.61 Å². The summed E-state index contributed by atoms with van der Waals surface area (Å²) in [5.74, 6) is 0.116. The largest absolute Gasteiger partial charge is 0.434 e. The van der Waals surface area contributed by atoms with Crippen molar-refractivity contribution >= 4 is 33.9 Å². The molecule has 0 N–H and O–H groups in total. The van der Waals surface area contributed by atoms with Crippen LogP contribution >= 0.6 is 33.9 Å². The summed E-state index contributed by atoms with van der Waals surface area (Å²) in [6.07, 6.45) is 0. The van der Waals surface area contributed by atoms with Crippen molar-refractivity contribution in [1.82, 2.24) is 10.2 Å². The molecule has 1 aromatic heterocycles. The quantitative estimate of drug-likeness (QED) is 0.793. The molecule has 0 aliphatic rings. The van der Waals surface area contributed by atoms with Gasteiger partial charge in [0.1, 0.15) is 5.75 Å². The Morgan fingerprint density at radius 1 is 1.25 bits per heavy atom. The van der Waals surface area contributed by atoms with Gasteiger partial charge >= 0.3 is 6.61 Å². The minimum Gasteiger partial charge on any atom is -0.434 e. The Morgan fingerprint density at radius 2 is 2.00 bits per heavy atom. The van der Waals surface area contributed by atoms with Crippen LogP contribution in [0.5, 0.6) is 5.75 Å². The molecule has 0 saturated carbocycles. The maximum atomic E-state index is 12.2. The van der Waals surface area contributed by atoms with Gasteiger partial charge < -0.3 is 4.74 Å². The third-order valence-electron chi connectivity index (χ3n) is 1.73. The predicted molar refractivity (Wildman–Crippen MR) is 64.7 cm³/mol. The fourth-order valence-corrected chi connectivity index (χ4v) is 2.49. The van der Waals surface area contributed by atoms with Crippen molar-refractivity contribution < 1.29 is 13.5 Å². The number of rotatable bonds is 3. The second kappa shape index (κ2) is 5.00. The SMILES string of the molecule is FC(F)Oc1ccccc1-c1nnc(I)s1. The highest BCUT2D eigenvalue weighted by molar-refractivity contribution is 14.1. The van der Waals surface area contributed by atoms with E-state index in [1.54, 1.807) is 18.2 Å². The summed E-state index contributed by atoms with van der Waals surface area (Å²) < 4.78 is 29.5. The molecule has 3 nitrogen and oxygen atoms in total. The minimum absolute atomic E-state index is 0.116. The molecule has 2 rings (SSSR count). The summed E-state index contributed by atoms with van der Waals surface area (Å²) >= 11 is 3.34. The number of hydrogen-bond acceptors (Lipinski definition) is 4. The van der Waals surface area contributed by atoms with Gasteiger partial charge in [-0.1, -0.05) is 23.5 Å². The van der Waals surface area contributed by atoms with Crippen LogP contribution in [0, 0.1) is 3.01 Å². The van der Waals surface area contributed by atoms with E-state index >= 15 is 0 Å². The molecule has 0 bridgehead atoms. The maximum absolute atomic E-state index is 12.2. The summed E-state index contributed by atoms with van der Waals surface area (Å²) in [7, 11) is 0. The second-order valence-electron chi connectivity index (χ2n) is 2.73. The molecular formula is C9H5F2IN2OS. The number of hydrogen-bond donors (Lipinski definition) is 0. The lowest BCUT2D eigenvalue weighted by Crippen LogP contribution is -2.02. The van der Waals surface area contributed by atoms with Crippen molar-refractivity contribution in [2.75, 3.05) is 0 Å². The van der Waals surface area contributed by atoms with E-state index in [9.17, 15) is 8.78 Å². The van der Waals surface area contributed by atoms with Crippen molar-refractivity contribution in [1.29, 1.82) is 0 Å². The molecule has 0 fully saturated rings. The molecule has 84 valence electrons.